The molecular formula is C15H11N3O3. The number of benzene rings is 2. The van der Waals surface area contributed by atoms with Crippen LogP contribution < -0.4 is 11.1 Å². The smallest absolute Gasteiger partial charge is 0.257 e. The van der Waals surface area contributed by atoms with E-state index in [1.807, 2.05) is 30.3 Å². The van der Waals surface area contributed by atoms with Crippen LogP contribution in [0, 0.1) is 0 Å². The minimum atomic E-state index is -0.718. The zero-order chi connectivity index (χ0) is 14.8. The van der Waals surface area contributed by atoms with Crippen molar-refractivity contribution >= 4 is 28.4 Å². The van der Waals surface area contributed by atoms with Crippen LogP contribution in [0.1, 0.15) is 20.7 Å². The fourth-order valence-electron chi connectivity index (χ4n) is 2.10. The Morgan fingerprint density at radius 3 is 2.62 bits per heavy atom. The highest BCUT2D eigenvalue weighted by Crippen LogP contribution is 2.20. The van der Waals surface area contributed by atoms with E-state index in [-0.39, 0.29) is 17.3 Å². The predicted octanol–water partition coefficient (Wildman–Crippen LogP) is 2.18. The molecule has 104 valence electrons. The summed E-state index contributed by atoms with van der Waals surface area (Å²) >= 11 is 0. The summed E-state index contributed by atoms with van der Waals surface area (Å²) in [4.78, 5) is 23.5. The van der Waals surface area contributed by atoms with E-state index in [0.717, 1.165) is 17.0 Å². The largest absolute Gasteiger partial charge is 0.365 e. The third kappa shape index (κ3) is 2.34. The monoisotopic (exact) mass is 281 g/mol. The zero-order valence-electron chi connectivity index (χ0n) is 10.9. The van der Waals surface area contributed by atoms with Crippen LogP contribution in [0.25, 0.3) is 10.8 Å². The normalized spacial score (nSPS) is 10.5. The lowest BCUT2D eigenvalue weighted by Crippen LogP contribution is -2.17. The SMILES string of the molecule is NC(=O)c1conc1NC(=O)c1cccc2ccccc12. The quantitative estimate of drug-likeness (QED) is 0.768. The molecule has 0 spiro atoms. The van der Waals surface area contributed by atoms with E-state index in [0.29, 0.717) is 5.56 Å². The molecule has 3 aromatic rings. The number of carbonyl (C=O) groups excluding carboxylic acids is 2. The summed E-state index contributed by atoms with van der Waals surface area (Å²) in [5.41, 5.74) is 5.68. The fraction of sp³-hybridized carbons (Fsp3) is 0. The summed E-state index contributed by atoms with van der Waals surface area (Å²) in [7, 11) is 0. The summed E-state index contributed by atoms with van der Waals surface area (Å²) in [6.45, 7) is 0. The number of nitrogens with zero attached hydrogens (tertiary/aromatic N) is 1. The van der Waals surface area contributed by atoms with Crippen LogP contribution in [0.5, 0.6) is 0 Å². The third-order valence-corrected chi connectivity index (χ3v) is 3.10. The molecule has 0 saturated carbocycles. The third-order valence-electron chi connectivity index (χ3n) is 3.10. The van der Waals surface area contributed by atoms with Gasteiger partial charge in [-0.2, -0.15) is 0 Å². The molecule has 1 heterocycles. The van der Waals surface area contributed by atoms with Gasteiger partial charge in [-0.3, -0.25) is 9.59 Å². The first-order valence-electron chi connectivity index (χ1n) is 6.20. The highest BCUT2D eigenvalue weighted by Gasteiger charge is 2.17. The minimum Gasteiger partial charge on any atom is -0.365 e. The second-order valence-electron chi connectivity index (χ2n) is 4.42. The van der Waals surface area contributed by atoms with Gasteiger partial charge in [0.2, 0.25) is 0 Å². The van der Waals surface area contributed by atoms with E-state index in [1.54, 1.807) is 12.1 Å². The maximum Gasteiger partial charge on any atom is 0.257 e. The van der Waals surface area contributed by atoms with Crippen molar-refractivity contribution in [3.8, 4) is 0 Å². The Hall–Kier alpha value is -3.15. The van der Waals surface area contributed by atoms with Crippen LogP contribution in [0.4, 0.5) is 5.82 Å². The molecule has 0 saturated heterocycles. The number of nitrogens with two attached hydrogens (primary N) is 1. The number of fused-ring (bicyclic) bond motifs is 1. The average Bonchev–Trinajstić information content (AvgIpc) is 2.95. The molecule has 6 nitrogen and oxygen atoms in total. The van der Waals surface area contributed by atoms with Crippen molar-refractivity contribution in [1.29, 1.82) is 0 Å². The number of primary amides is 1. The molecular weight excluding hydrogens is 270 g/mol. The van der Waals surface area contributed by atoms with Gasteiger partial charge in [-0.05, 0) is 16.8 Å². The van der Waals surface area contributed by atoms with Gasteiger partial charge in [0.05, 0.1) is 0 Å². The molecule has 2 aromatic carbocycles. The van der Waals surface area contributed by atoms with Crippen molar-refractivity contribution in [3.05, 3.63) is 59.9 Å². The molecule has 3 N–H and O–H groups in total. The van der Waals surface area contributed by atoms with E-state index >= 15 is 0 Å². The van der Waals surface area contributed by atoms with Crippen LogP contribution in [0.2, 0.25) is 0 Å². The Morgan fingerprint density at radius 2 is 1.81 bits per heavy atom. The highest BCUT2D eigenvalue weighted by atomic mass is 16.5. The summed E-state index contributed by atoms with van der Waals surface area (Å²) in [5.74, 6) is -1.09. The van der Waals surface area contributed by atoms with E-state index in [4.69, 9.17) is 5.73 Å². The summed E-state index contributed by atoms with van der Waals surface area (Å²) in [5, 5.41) is 7.86. The molecule has 0 radical (unpaired) electrons. The van der Waals surface area contributed by atoms with Crippen molar-refractivity contribution in [1.82, 2.24) is 5.16 Å². The van der Waals surface area contributed by atoms with E-state index in [9.17, 15) is 9.59 Å². The van der Waals surface area contributed by atoms with Gasteiger partial charge in [0, 0.05) is 5.56 Å². The van der Waals surface area contributed by atoms with Crippen LogP contribution in [0.15, 0.2) is 53.3 Å². The van der Waals surface area contributed by atoms with Gasteiger partial charge in [-0.1, -0.05) is 41.6 Å². The highest BCUT2D eigenvalue weighted by molar-refractivity contribution is 6.14. The lowest BCUT2D eigenvalue weighted by atomic mass is 10.0. The molecule has 6 heteroatoms. The van der Waals surface area contributed by atoms with Crippen molar-refractivity contribution in [2.75, 3.05) is 5.32 Å². The predicted molar refractivity (Wildman–Crippen MR) is 76.9 cm³/mol. The van der Waals surface area contributed by atoms with Crippen molar-refractivity contribution < 1.29 is 14.1 Å². The van der Waals surface area contributed by atoms with Gasteiger partial charge in [0.1, 0.15) is 11.8 Å². The lowest BCUT2D eigenvalue weighted by molar-refractivity contribution is 0.100. The van der Waals surface area contributed by atoms with Crippen molar-refractivity contribution in [3.63, 3.8) is 0 Å². The molecule has 0 aliphatic rings. The van der Waals surface area contributed by atoms with Crippen molar-refractivity contribution in [2.24, 2.45) is 5.73 Å². The zero-order valence-corrected chi connectivity index (χ0v) is 10.9. The molecule has 0 unspecified atom stereocenters. The van der Waals surface area contributed by atoms with Gasteiger partial charge >= 0.3 is 0 Å². The molecule has 21 heavy (non-hydrogen) atoms. The van der Waals surface area contributed by atoms with Crippen LogP contribution >= 0.6 is 0 Å². The maximum atomic E-state index is 12.4. The summed E-state index contributed by atoms with van der Waals surface area (Å²) in [6, 6.07) is 12.9. The van der Waals surface area contributed by atoms with E-state index in [1.165, 1.54) is 0 Å². The Bertz CT molecular complexity index is 834. The number of carbonyl (C=O) groups is 2. The minimum absolute atomic E-state index is 0.0143. The Balaban J connectivity index is 1.98. The standard InChI is InChI=1S/C15H11N3O3/c16-13(19)12-8-21-18-14(12)17-15(20)11-7-3-5-9-4-1-2-6-10(9)11/h1-8H,(H2,16,19)(H,17,18,20). The van der Waals surface area contributed by atoms with Crippen LogP contribution in [-0.4, -0.2) is 17.0 Å². The molecule has 0 fully saturated rings. The number of amides is 2. The van der Waals surface area contributed by atoms with Crippen LogP contribution in [-0.2, 0) is 0 Å². The van der Waals surface area contributed by atoms with Gasteiger partial charge in [-0.15, -0.1) is 0 Å². The molecule has 1 aromatic heterocycles. The Morgan fingerprint density at radius 1 is 1.05 bits per heavy atom. The molecule has 0 aliphatic carbocycles. The first-order valence-corrected chi connectivity index (χ1v) is 6.20. The van der Waals surface area contributed by atoms with E-state index < -0.39 is 5.91 Å². The lowest BCUT2D eigenvalue weighted by Gasteiger charge is -2.06. The second kappa shape index (κ2) is 5.09. The first-order chi connectivity index (χ1) is 10.2. The van der Waals surface area contributed by atoms with E-state index in [2.05, 4.69) is 15.0 Å². The molecule has 3 rings (SSSR count). The summed E-state index contributed by atoms with van der Waals surface area (Å²) in [6.07, 6.45) is 1.10. The molecule has 0 aliphatic heterocycles. The Labute approximate surface area is 119 Å². The number of aromatic nitrogens is 1. The molecule has 0 atom stereocenters. The number of hydrogen-bond donors (Lipinski definition) is 2. The second-order valence-corrected chi connectivity index (χ2v) is 4.42. The Kier molecular flexibility index (Phi) is 3.12. The van der Waals surface area contributed by atoms with Gasteiger partial charge in [0.25, 0.3) is 11.8 Å². The van der Waals surface area contributed by atoms with Crippen LogP contribution in [0.3, 0.4) is 0 Å². The molecule has 2 amide bonds. The molecule has 0 bridgehead atoms. The first kappa shape index (κ1) is 12.9. The average molecular weight is 281 g/mol. The summed E-state index contributed by atoms with van der Waals surface area (Å²) < 4.78 is 4.67. The number of anilines is 1. The number of rotatable bonds is 3. The maximum absolute atomic E-state index is 12.4. The number of hydrogen-bond acceptors (Lipinski definition) is 4. The van der Waals surface area contributed by atoms with Gasteiger partial charge < -0.3 is 15.6 Å². The van der Waals surface area contributed by atoms with Gasteiger partial charge in [-0.25, -0.2) is 0 Å². The van der Waals surface area contributed by atoms with Gasteiger partial charge in [0.15, 0.2) is 5.82 Å². The fourth-order valence-corrected chi connectivity index (χ4v) is 2.10. The number of nitrogens with one attached hydrogen (secondary N) is 1. The van der Waals surface area contributed by atoms with Crippen molar-refractivity contribution in [2.45, 2.75) is 0 Å². The topological polar surface area (TPSA) is 98.2 Å².